The summed E-state index contributed by atoms with van der Waals surface area (Å²) in [6.07, 6.45) is 3.98. The lowest BCUT2D eigenvalue weighted by Crippen LogP contribution is -2.43. The lowest BCUT2D eigenvalue weighted by atomic mass is 9.88. The normalized spacial score (nSPS) is 19.7. The molecule has 0 bridgehead atoms. The Morgan fingerprint density at radius 1 is 1.35 bits per heavy atom. The van der Waals surface area contributed by atoms with Crippen molar-refractivity contribution in [3.8, 4) is 0 Å². The molecule has 0 spiro atoms. The van der Waals surface area contributed by atoms with Gasteiger partial charge in [-0.05, 0) is 31.1 Å². The Morgan fingerprint density at radius 3 is 2.35 bits per heavy atom. The third-order valence-electron chi connectivity index (χ3n) is 3.91. The van der Waals surface area contributed by atoms with Crippen molar-refractivity contribution in [2.75, 3.05) is 19.7 Å². The van der Waals surface area contributed by atoms with Crippen molar-refractivity contribution in [3.63, 3.8) is 0 Å². The third kappa shape index (κ3) is 3.98. The number of aliphatic hydroxyl groups is 1. The molecule has 1 aliphatic rings. The Kier molecular flexibility index (Phi) is 5.96. The molecule has 0 aromatic carbocycles. The zero-order valence-corrected chi connectivity index (χ0v) is 11.5. The van der Waals surface area contributed by atoms with Crippen LogP contribution in [0.2, 0.25) is 0 Å². The van der Waals surface area contributed by atoms with Gasteiger partial charge in [-0.25, -0.2) is 0 Å². The van der Waals surface area contributed by atoms with Crippen LogP contribution in [0.4, 0.5) is 0 Å². The molecule has 3 heteroatoms. The van der Waals surface area contributed by atoms with Crippen LogP contribution >= 0.6 is 0 Å². The first-order valence-corrected chi connectivity index (χ1v) is 6.99. The summed E-state index contributed by atoms with van der Waals surface area (Å²) in [5.41, 5.74) is 0. The molecule has 3 nitrogen and oxygen atoms in total. The third-order valence-corrected chi connectivity index (χ3v) is 3.91. The van der Waals surface area contributed by atoms with Gasteiger partial charge in [0.25, 0.3) is 0 Å². The van der Waals surface area contributed by atoms with Gasteiger partial charge in [0, 0.05) is 25.6 Å². The van der Waals surface area contributed by atoms with Gasteiger partial charge < -0.3 is 10.0 Å². The maximum Gasteiger partial charge on any atom is 0.225 e. The van der Waals surface area contributed by atoms with E-state index in [4.69, 9.17) is 5.11 Å². The summed E-state index contributed by atoms with van der Waals surface area (Å²) in [6, 6.07) is 0. The Hall–Kier alpha value is -0.570. The average Bonchev–Trinajstić information content (AvgIpc) is 2.35. The Labute approximate surface area is 105 Å². The lowest BCUT2D eigenvalue weighted by molar-refractivity contribution is -0.138. The molecule has 1 heterocycles. The number of amides is 1. The van der Waals surface area contributed by atoms with Gasteiger partial charge in [-0.2, -0.15) is 0 Å². The maximum absolute atomic E-state index is 12.4. The van der Waals surface area contributed by atoms with E-state index in [1.807, 2.05) is 4.90 Å². The van der Waals surface area contributed by atoms with E-state index < -0.39 is 0 Å². The molecular weight excluding hydrogens is 214 g/mol. The second-order valence-electron chi connectivity index (χ2n) is 5.59. The van der Waals surface area contributed by atoms with Crippen molar-refractivity contribution in [1.82, 2.24) is 4.90 Å². The van der Waals surface area contributed by atoms with E-state index >= 15 is 0 Å². The Bertz CT molecular complexity index is 232. The molecule has 1 fully saturated rings. The number of aliphatic hydroxyl groups excluding tert-OH is 1. The van der Waals surface area contributed by atoms with E-state index in [1.165, 1.54) is 0 Å². The number of hydrogen-bond acceptors (Lipinski definition) is 2. The molecule has 0 radical (unpaired) electrons. The van der Waals surface area contributed by atoms with Crippen molar-refractivity contribution >= 4 is 5.91 Å². The standard InChI is InChI=1S/C14H27NO2/c1-4-5-13(11(2)3)14(17)15-8-6-12(10-16)7-9-15/h11-13,16H,4-10H2,1-3H3. The van der Waals surface area contributed by atoms with Crippen molar-refractivity contribution in [2.45, 2.75) is 46.5 Å². The molecule has 17 heavy (non-hydrogen) atoms. The zero-order chi connectivity index (χ0) is 12.8. The van der Waals surface area contributed by atoms with Crippen molar-refractivity contribution < 1.29 is 9.90 Å². The summed E-state index contributed by atoms with van der Waals surface area (Å²) in [6.45, 7) is 8.34. The molecule has 1 atom stereocenters. The van der Waals surface area contributed by atoms with E-state index in [1.54, 1.807) is 0 Å². The van der Waals surface area contributed by atoms with Crippen LogP contribution in [0.15, 0.2) is 0 Å². The quantitative estimate of drug-likeness (QED) is 0.802. The SMILES string of the molecule is CCCC(C(=O)N1CCC(CO)CC1)C(C)C. The molecule has 0 aliphatic carbocycles. The lowest BCUT2D eigenvalue weighted by Gasteiger charge is -2.34. The van der Waals surface area contributed by atoms with Gasteiger partial charge in [0.05, 0.1) is 0 Å². The monoisotopic (exact) mass is 241 g/mol. The van der Waals surface area contributed by atoms with Gasteiger partial charge in [-0.1, -0.05) is 27.2 Å². The van der Waals surface area contributed by atoms with E-state index in [2.05, 4.69) is 20.8 Å². The van der Waals surface area contributed by atoms with Crippen molar-refractivity contribution in [3.05, 3.63) is 0 Å². The van der Waals surface area contributed by atoms with E-state index in [-0.39, 0.29) is 12.5 Å². The Morgan fingerprint density at radius 2 is 1.94 bits per heavy atom. The fourth-order valence-electron chi connectivity index (χ4n) is 2.62. The number of rotatable bonds is 5. The van der Waals surface area contributed by atoms with Crippen LogP contribution in [-0.2, 0) is 4.79 Å². The summed E-state index contributed by atoms with van der Waals surface area (Å²) in [7, 11) is 0. The van der Waals surface area contributed by atoms with Crippen LogP contribution in [0.5, 0.6) is 0 Å². The first kappa shape index (κ1) is 14.5. The first-order valence-electron chi connectivity index (χ1n) is 6.99. The molecule has 1 unspecified atom stereocenters. The van der Waals surface area contributed by atoms with Crippen LogP contribution in [0, 0.1) is 17.8 Å². The summed E-state index contributed by atoms with van der Waals surface area (Å²) in [5, 5.41) is 9.09. The number of hydrogen-bond donors (Lipinski definition) is 1. The van der Waals surface area contributed by atoms with Crippen LogP contribution < -0.4 is 0 Å². The van der Waals surface area contributed by atoms with Crippen LogP contribution in [0.25, 0.3) is 0 Å². The fourth-order valence-corrected chi connectivity index (χ4v) is 2.62. The predicted octanol–water partition coefficient (Wildman–Crippen LogP) is 2.29. The highest BCUT2D eigenvalue weighted by atomic mass is 16.3. The largest absolute Gasteiger partial charge is 0.396 e. The second kappa shape index (κ2) is 7.00. The summed E-state index contributed by atoms with van der Waals surface area (Å²) in [4.78, 5) is 14.4. The highest BCUT2D eigenvalue weighted by Gasteiger charge is 2.29. The zero-order valence-electron chi connectivity index (χ0n) is 11.5. The number of nitrogens with zero attached hydrogens (tertiary/aromatic N) is 1. The highest BCUT2D eigenvalue weighted by molar-refractivity contribution is 5.79. The van der Waals surface area contributed by atoms with E-state index in [0.717, 1.165) is 38.8 Å². The fraction of sp³-hybridized carbons (Fsp3) is 0.929. The minimum Gasteiger partial charge on any atom is -0.396 e. The molecule has 1 aliphatic heterocycles. The van der Waals surface area contributed by atoms with Gasteiger partial charge in [0.15, 0.2) is 0 Å². The number of likely N-dealkylation sites (tertiary alicyclic amines) is 1. The van der Waals surface area contributed by atoms with Gasteiger partial charge in [0.2, 0.25) is 5.91 Å². The van der Waals surface area contributed by atoms with E-state index in [9.17, 15) is 4.79 Å². The molecule has 0 aromatic rings. The van der Waals surface area contributed by atoms with E-state index in [0.29, 0.717) is 17.7 Å². The number of carbonyl (C=O) groups excluding carboxylic acids is 1. The Balaban J connectivity index is 2.51. The summed E-state index contributed by atoms with van der Waals surface area (Å²) in [5.74, 6) is 1.35. The van der Waals surface area contributed by atoms with Gasteiger partial charge in [-0.15, -0.1) is 0 Å². The van der Waals surface area contributed by atoms with Crippen LogP contribution in [0.3, 0.4) is 0 Å². The van der Waals surface area contributed by atoms with Gasteiger partial charge in [0.1, 0.15) is 0 Å². The second-order valence-corrected chi connectivity index (χ2v) is 5.59. The molecular formula is C14H27NO2. The van der Waals surface area contributed by atoms with Crippen molar-refractivity contribution in [1.29, 1.82) is 0 Å². The first-order chi connectivity index (χ1) is 8.10. The van der Waals surface area contributed by atoms with Gasteiger partial charge >= 0.3 is 0 Å². The summed E-state index contributed by atoms with van der Waals surface area (Å²) < 4.78 is 0. The molecule has 1 N–H and O–H groups in total. The minimum absolute atomic E-state index is 0.186. The average molecular weight is 241 g/mol. The predicted molar refractivity (Wildman–Crippen MR) is 69.6 cm³/mol. The molecule has 1 saturated heterocycles. The molecule has 1 rings (SSSR count). The molecule has 0 saturated carbocycles. The maximum atomic E-state index is 12.4. The number of piperidine rings is 1. The molecule has 0 aromatic heterocycles. The smallest absolute Gasteiger partial charge is 0.225 e. The topological polar surface area (TPSA) is 40.5 Å². The minimum atomic E-state index is 0.186. The van der Waals surface area contributed by atoms with Crippen LogP contribution in [-0.4, -0.2) is 35.6 Å². The molecule has 1 amide bonds. The molecule has 100 valence electrons. The summed E-state index contributed by atoms with van der Waals surface area (Å²) >= 11 is 0. The van der Waals surface area contributed by atoms with Crippen molar-refractivity contribution in [2.24, 2.45) is 17.8 Å². The highest BCUT2D eigenvalue weighted by Crippen LogP contribution is 2.23. The number of carbonyl (C=O) groups is 1. The van der Waals surface area contributed by atoms with Crippen LogP contribution in [0.1, 0.15) is 46.5 Å². The van der Waals surface area contributed by atoms with Gasteiger partial charge in [-0.3, -0.25) is 4.79 Å².